The molecule has 130 valence electrons. The number of aromatic amines is 1. The van der Waals surface area contributed by atoms with E-state index >= 15 is 0 Å². The minimum absolute atomic E-state index is 0.811. The molecule has 1 heterocycles. The minimum atomic E-state index is -1.05. The zero-order chi connectivity index (χ0) is 17.5. The molecule has 0 saturated carbocycles. The van der Waals surface area contributed by atoms with E-state index in [4.69, 9.17) is 5.21 Å². The highest BCUT2D eigenvalue weighted by molar-refractivity contribution is 5.82. The predicted octanol–water partition coefficient (Wildman–Crippen LogP) is 2.81. The lowest BCUT2D eigenvalue weighted by Gasteiger charge is -2.07. The summed E-state index contributed by atoms with van der Waals surface area (Å²) in [6.07, 6.45) is 5.14. The first-order chi connectivity index (χ1) is 12.3. The van der Waals surface area contributed by atoms with Crippen molar-refractivity contribution in [2.75, 3.05) is 6.54 Å². The molecule has 1 atom stereocenters. The van der Waals surface area contributed by atoms with Crippen LogP contribution >= 0.6 is 0 Å². The third kappa shape index (κ3) is 4.78. The van der Waals surface area contributed by atoms with Crippen molar-refractivity contribution in [2.45, 2.75) is 19.2 Å². The lowest BCUT2D eigenvalue weighted by Crippen LogP contribution is -2.21. The summed E-state index contributed by atoms with van der Waals surface area (Å²) >= 11 is 0. The van der Waals surface area contributed by atoms with Crippen molar-refractivity contribution in [1.82, 2.24) is 15.8 Å². The van der Waals surface area contributed by atoms with Crippen molar-refractivity contribution < 1.29 is 10.3 Å². The Morgan fingerprint density at radius 3 is 2.72 bits per heavy atom. The number of aliphatic hydroxyl groups is 1. The predicted molar refractivity (Wildman–Crippen MR) is 100 cm³/mol. The van der Waals surface area contributed by atoms with Crippen LogP contribution in [0, 0.1) is 0 Å². The van der Waals surface area contributed by atoms with Crippen LogP contribution in [-0.4, -0.2) is 28.1 Å². The number of hydroxylamine groups is 1. The average Bonchev–Trinajstić information content (AvgIpc) is 3.13. The summed E-state index contributed by atoms with van der Waals surface area (Å²) in [5.74, 6) is 0. The first kappa shape index (κ1) is 17.4. The van der Waals surface area contributed by atoms with E-state index in [9.17, 15) is 5.11 Å². The molecule has 0 fully saturated rings. The Balaban J connectivity index is 1.47. The third-order valence-corrected chi connectivity index (χ3v) is 4.16. The highest BCUT2D eigenvalue weighted by atomic mass is 16.5. The van der Waals surface area contributed by atoms with E-state index in [1.807, 2.05) is 18.3 Å². The number of rotatable bonds is 8. The van der Waals surface area contributed by atoms with Crippen LogP contribution in [-0.2, 0) is 13.0 Å². The molecule has 0 radical (unpaired) electrons. The fourth-order valence-corrected chi connectivity index (χ4v) is 2.81. The van der Waals surface area contributed by atoms with Crippen molar-refractivity contribution in [3.8, 4) is 0 Å². The van der Waals surface area contributed by atoms with Crippen molar-refractivity contribution >= 4 is 17.0 Å². The fraction of sp³-hybridized carbons (Fsp3) is 0.200. The van der Waals surface area contributed by atoms with Crippen molar-refractivity contribution in [3.05, 3.63) is 77.5 Å². The van der Waals surface area contributed by atoms with Gasteiger partial charge in [-0.15, -0.1) is 0 Å². The van der Waals surface area contributed by atoms with E-state index in [1.54, 1.807) is 11.6 Å². The Hall–Kier alpha value is -2.44. The Morgan fingerprint density at radius 1 is 1.08 bits per heavy atom. The molecule has 5 heteroatoms. The monoisotopic (exact) mass is 337 g/mol. The van der Waals surface area contributed by atoms with Crippen LogP contribution in [0.1, 0.15) is 16.7 Å². The van der Waals surface area contributed by atoms with Crippen molar-refractivity contribution in [2.24, 2.45) is 0 Å². The van der Waals surface area contributed by atoms with Gasteiger partial charge in [-0.25, -0.2) is 0 Å². The molecule has 3 rings (SSSR count). The van der Waals surface area contributed by atoms with Gasteiger partial charge in [0, 0.05) is 18.3 Å². The lowest BCUT2D eigenvalue weighted by atomic mass is 10.1. The van der Waals surface area contributed by atoms with Crippen LogP contribution in [0.25, 0.3) is 17.0 Å². The quantitative estimate of drug-likeness (QED) is 0.249. The molecular formula is C20H23N3O2. The van der Waals surface area contributed by atoms with Gasteiger partial charge in [0.25, 0.3) is 0 Å². The van der Waals surface area contributed by atoms with E-state index in [1.165, 1.54) is 28.1 Å². The first-order valence-electron chi connectivity index (χ1n) is 8.37. The van der Waals surface area contributed by atoms with Gasteiger partial charge >= 0.3 is 0 Å². The van der Waals surface area contributed by atoms with E-state index < -0.39 is 6.23 Å². The van der Waals surface area contributed by atoms with Crippen LogP contribution in [0.3, 0.4) is 0 Å². The Labute approximate surface area is 147 Å². The van der Waals surface area contributed by atoms with E-state index in [-0.39, 0.29) is 0 Å². The van der Waals surface area contributed by atoms with Gasteiger partial charge in [-0.05, 0) is 47.2 Å². The second-order valence-electron chi connectivity index (χ2n) is 5.96. The van der Waals surface area contributed by atoms with Gasteiger partial charge in [0.05, 0.1) is 0 Å². The molecule has 5 N–H and O–H groups in total. The second kappa shape index (κ2) is 8.60. The molecule has 1 unspecified atom stereocenters. The maximum Gasteiger partial charge on any atom is 0.146 e. The third-order valence-electron chi connectivity index (χ3n) is 4.16. The van der Waals surface area contributed by atoms with E-state index in [2.05, 4.69) is 46.7 Å². The maximum atomic E-state index is 9.20. The van der Waals surface area contributed by atoms with Gasteiger partial charge in [-0.1, -0.05) is 48.5 Å². The van der Waals surface area contributed by atoms with E-state index in [0.717, 1.165) is 25.1 Å². The topological polar surface area (TPSA) is 80.3 Å². The lowest BCUT2D eigenvalue weighted by molar-refractivity contribution is 0.0323. The SMILES string of the molecule is ONC(O)/C=C/c1ccc(CNCCc2cccc3cc[nH]c23)cc1. The number of aliphatic hydroxyl groups excluding tert-OH is 1. The Morgan fingerprint density at radius 2 is 1.92 bits per heavy atom. The number of hydrogen-bond donors (Lipinski definition) is 5. The highest BCUT2D eigenvalue weighted by Crippen LogP contribution is 2.17. The van der Waals surface area contributed by atoms with Gasteiger partial charge in [-0.3, -0.25) is 0 Å². The fourth-order valence-electron chi connectivity index (χ4n) is 2.81. The molecular weight excluding hydrogens is 314 g/mol. The summed E-state index contributed by atoms with van der Waals surface area (Å²) in [6, 6.07) is 16.5. The normalized spacial score (nSPS) is 12.9. The summed E-state index contributed by atoms with van der Waals surface area (Å²) in [5.41, 5.74) is 6.48. The molecule has 0 bridgehead atoms. The number of para-hydroxylation sites is 1. The summed E-state index contributed by atoms with van der Waals surface area (Å²) in [6.45, 7) is 1.72. The molecule has 0 aliphatic rings. The van der Waals surface area contributed by atoms with Gasteiger partial charge < -0.3 is 20.6 Å². The summed E-state index contributed by atoms with van der Waals surface area (Å²) in [5, 5.41) is 22.5. The van der Waals surface area contributed by atoms with Gasteiger partial charge in [0.15, 0.2) is 0 Å². The zero-order valence-electron chi connectivity index (χ0n) is 13.9. The Bertz CT molecular complexity index is 824. The number of aromatic nitrogens is 1. The molecule has 0 spiro atoms. The molecule has 0 saturated heterocycles. The van der Waals surface area contributed by atoms with Gasteiger partial charge in [0.1, 0.15) is 6.23 Å². The molecule has 1 aromatic heterocycles. The minimum Gasteiger partial charge on any atom is -0.373 e. The average molecular weight is 337 g/mol. The van der Waals surface area contributed by atoms with Crippen LogP contribution < -0.4 is 10.8 Å². The molecule has 25 heavy (non-hydrogen) atoms. The molecule has 3 aromatic rings. The van der Waals surface area contributed by atoms with Crippen LogP contribution in [0.4, 0.5) is 0 Å². The summed E-state index contributed by atoms with van der Waals surface area (Å²) in [7, 11) is 0. The van der Waals surface area contributed by atoms with Gasteiger partial charge in [-0.2, -0.15) is 5.48 Å². The zero-order valence-corrected chi connectivity index (χ0v) is 13.9. The second-order valence-corrected chi connectivity index (χ2v) is 5.96. The van der Waals surface area contributed by atoms with Crippen LogP contribution in [0.15, 0.2) is 60.8 Å². The first-order valence-corrected chi connectivity index (χ1v) is 8.37. The maximum absolute atomic E-state index is 9.20. The molecule has 5 nitrogen and oxygen atoms in total. The number of fused-ring (bicyclic) bond motifs is 1. The van der Waals surface area contributed by atoms with E-state index in [0.29, 0.717) is 0 Å². The van der Waals surface area contributed by atoms with Crippen molar-refractivity contribution in [1.29, 1.82) is 0 Å². The number of H-pyrrole nitrogens is 1. The highest BCUT2D eigenvalue weighted by Gasteiger charge is 2.01. The number of benzene rings is 2. The molecule has 0 aliphatic carbocycles. The largest absolute Gasteiger partial charge is 0.373 e. The summed E-state index contributed by atoms with van der Waals surface area (Å²) in [4.78, 5) is 3.30. The summed E-state index contributed by atoms with van der Waals surface area (Å²) < 4.78 is 0. The number of nitrogens with one attached hydrogen (secondary N) is 3. The smallest absolute Gasteiger partial charge is 0.146 e. The van der Waals surface area contributed by atoms with Crippen LogP contribution in [0.2, 0.25) is 0 Å². The van der Waals surface area contributed by atoms with Crippen LogP contribution in [0.5, 0.6) is 0 Å². The van der Waals surface area contributed by atoms with Crippen molar-refractivity contribution in [3.63, 3.8) is 0 Å². The number of hydrogen-bond acceptors (Lipinski definition) is 4. The van der Waals surface area contributed by atoms with Gasteiger partial charge in [0.2, 0.25) is 0 Å². The molecule has 0 aliphatic heterocycles. The molecule has 2 aromatic carbocycles. The Kier molecular flexibility index (Phi) is 5.98. The molecule has 0 amide bonds. The standard InChI is InChI=1S/C20H23N3O2/c24-19(23-25)9-8-15-4-6-16(7-5-15)14-21-12-10-17-2-1-3-18-11-13-22-20(17)18/h1-9,11,13,19,21-25H,10,12,14H2/b9-8+.